The minimum Gasteiger partial charge on any atom is -0.396 e. The molecular formula is C12H15N3OS. The molecule has 1 aliphatic rings. The molecule has 1 aliphatic heterocycles. The van der Waals surface area contributed by atoms with Gasteiger partial charge in [-0.3, -0.25) is 0 Å². The van der Waals surface area contributed by atoms with Gasteiger partial charge in [-0.25, -0.2) is 9.97 Å². The Kier molecular flexibility index (Phi) is 2.94. The molecule has 17 heavy (non-hydrogen) atoms. The van der Waals surface area contributed by atoms with E-state index in [0.29, 0.717) is 5.92 Å². The minimum atomic E-state index is 0.281. The number of hydrogen-bond acceptors (Lipinski definition) is 5. The standard InChI is InChI=1S/C12H15N3OS/c16-5-2-9-1-4-15(8-9)12-13-7-10-3-6-17-11(10)14-12/h3,6-7,9,16H,1-2,4-5,8H2. The maximum atomic E-state index is 8.95. The van der Waals surface area contributed by atoms with E-state index in [1.165, 1.54) is 0 Å². The van der Waals surface area contributed by atoms with Crippen molar-refractivity contribution in [1.29, 1.82) is 0 Å². The van der Waals surface area contributed by atoms with Crippen molar-refractivity contribution in [2.24, 2.45) is 5.92 Å². The highest BCUT2D eigenvalue weighted by Crippen LogP contribution is 2.25. The molecule has 0 aliphatic carbocycles. The molecule has 0 aromatic carbocycles. The fourth-order valence-electron chi connectivity index (χ4n) is 2.33. The molecular weight excluding hydrogens is 234 g/mol. The van der Waals surface area contributed by atoms with E-state index in [9.17, 15) is 0 Å². The molecule has 1 unspecified atom stereocenters. The van der Waals surface area contributed by atoms with Crippen molar-refractivity contribution in [2.45, 2.75) is 12.8 Å². The highest BCUT2D eigenvalue weighted by atomic mass is 32.1. The van der Waals surface area contributed by atoms with Crippen molar-refractivity contribution >= 4 is 27.5 Å². The van der Waals surface area contributed by atoms with Gasteiger partial charge in [0.1, 0.15) is 4.83 Å². The number of aliphatic hydroxyl groups excluding tert-OH is 1. The predicted octanol–water partition coefficient (Wildman–Crippen LogP) is 1.90. The smallest absolute Gasteiger partial charge is 0.226 e. The van der Waals surface area contributed by atoms with Gasteiger partial charge in [0.25, 0.3) is 0 Å². The first-order valence-electron chi connectivity index (χ1n) is 5.93. The van der Waals surface area contributed by atoms with Crippen LogP contribution in [-0.2, 0) is 0 Å². The topological polar surface area (TPSA) is 49.2 Å². The number of anilines is 1. The zero-order chi connectivity index (χ0) is 11.7. The number of thiophene rings is 1. The van der Waals surface area contributed by atoms with Gasteiger partial charge in [-0.1, -0.05) is 0 Å². The number of aliphatic hydroxyl groups is 1. The average molecular weight is 249 g/mol. The monoisotopic (exact) mass is 249 g/mol. The van der Waals surface area contributed by atoms with Gasteiger partial charge in [-0.15, -0.1) is 11.3 Å². The normalized spacial score (nSPS) is 20.3. The number of nitrogens with zero attached hydrogens (tertiary/aromatic N) is 3. The molecule has 3 heterocycles. The number of rotatable bonds is 3. The fourth-order valence-corrected chi connectivity index (χ4v) is 3.07. The van der Waals surface area contributed by atoms with Crippen LogP contribution < -0.4 is 4.90 Å². The molecule has 4 nitrogen and oxygen atoms in total. The molecule has 1 N–H and O–H groups in total. The van der Waals surface area contributed by atoms with Gasteiger partial charge in [0.2, 0.25) is 5.95 Å². The lowest BCUT2D eigenvalue weighted by molar-refractivity contribution is 0.263. The van der Waals surface area contributed by atoms with Crippen LogP contribution in [0.25, 0.3) is 10.2 Å². The van der Waals surface area contributed by atoms with E-state index in [1.807, 2.05) is 17.6 Å². The van der Waals surface area contributed by atoms with Gasteiger partial charge in [0.05, 0.1) is 0 Å². The summed E-state index contributed by atoms with van der Waals surface area (Å²) in [7, 11) is 0. The Morgan fingerprint density at radius 1 is 1.53 bits per heavy atom. The van der Waals surface area contributed by atoms with Gasteiger partial charge in [0.15, 0.2) is 0 Å². The van der Waals surface area contributed by atoms with Crippen molar-refractivity contribution in [1.82, 2.24) is 9.97 Å². The molecule has 2 aromatic heterocycles. The van der Waals surface area contributed by atoms with Crippen LogP contribution in [0.15, 0.2) is 17.6 Å². The summed E-state index contributed by atoms with van der Waals surface area (Å²) in [6.45, 7) is 2.25. The molecule has 1 saturated heterocycles. The highest BCUT2D eigenvalue weighted by Gasteiger charge is 2.23. The third kappa shape index (κ3) is 2.12. The van der Waals surface area contributed by atoms with E-state index in [0.717, 1.165) is 42.1 Å². The summed E-state index contributed by atoms with van der Waals surface area (Å²) >= 11 is 1.65. The summed E-state index contributed by atoms with van der Waals surface area (Å²) < 4.78 is 0. The maximum absolute atomic E-state index is 8.95. The van der Waals surface area contributed by atoms with Crippen LogP contribution in [0.5, 0.6) is 0 Å². The van der Waals surface area contributed by atoms with E-state index >= 15 is 0 Å². The Hall–Kier alpha value is -1.20. The molecule has 1 fully saturated rings. The first-order valence-corrected chi connectivity index (χ1v) is 6.81. The molecule has 0 radical (unpaired) electrons. The molecule has 0 bridgehead atoms. The number of aromatic nitrogens is 2. The van der Waals surface area contributed by atoms with Crippen LogP contribution in [0.3, 0.4) is 0 Å². The van der Waals surface area contributed by atoms with E-state index in [4.69, 9.17) is 5.11 Å². The van der Waals surface area contributed by atoms with Gasteiger partial charge in [-0.05, 0) is 30.2 Å². The summed E-state index contributed by atoms with van der Waals surface area (Å²) in [6, 6.07) is 2.04. The minimum absolute atomic E-state index is 0.281. The lowest BCUT2D eigenvalue weighted by Gasteiger charge is -2.15. The van der Waals surface area contributed by atoms with Gasteiger partial charge < -0.3 is 10.0 Å². The lowest BCUT2D eigenvalue weighted by atomic mass is 10.1. The zero-order valence-corrected chi connectivity index (χ0v) is 10.4. The van der Waals surface area contributed by atoms with Crippen molar-refractivity contribution in [3.05, 3.63) is 17.6 Å². The Bertz CT molecular complexity index is 513. The molecule has 0 spiro atoms. The second-order valence-electron chi connectivity index (χ2n) is 4.46. The Morgan fingerprint density at radius 3 is 3.35 bits per heavy atom. The average Bonchev–Trinajstić information content (AvgIpc) is 2.96. The van der Waals surface area contributed by atoms with Gasteiger partial charge in [0, 0.05) is 31.3 Å². The molecule has 90 valence electrons. The van der Waals surface area contributed by atoms with Crippen molar-refractivity contribution in [3.63, 3.8) is 0 Å². The zero-order valence-electron chi connectivity index (χ0n) is 9.54. The van der Waals surface area contributed by atoms with Crippen LogP contribution in [0.1, 0.15) is 12.8 Å². The fraction of sp³-hybridized carbons (Fsp3) is 0.500. The summed E-state index contributed by atoms with van der Waals surface area (Å²) in [4.78, 5) is 12.3. The highest BCUT2D eigenvalue weighted by molar-refractivity contribution is 7.16. The Labute approximate surface area is 104 Å². The van der Waals surface area contributed by atoms with E-state index in [1.54, 1.807) is 11.3 Å². The number of fused-ring (bicyclic) bond motifs is 1. The summed E-state index contributed by atoms with van der Waals surface area (Å²) in [5.41, 5.74) is 0. The third-order valence-electron chi connectivity index (χ3n) is 3.30. The number of hydrogen-bond donors (Lipinski definition) is 1. The summed E-state index contributed by atoms with van der Waals surface area (Å²) in [6.07, 6.45) is 3.91. The maximum Gasteiger partial charge on any atom is 0.226 e. The first kappa shape index (κ1) is 10.9. The molecule has 5 heteroatoms. The van der Waals surface area contributed by atoms with Crippen LogP contribution >= 0.6 is 11.3 Å². The van der Waals surface area contributed by atoms with Crippen LogP contribution in [0.2, 0.25) is 0 Å². The SMILES string of the molecule is OCCC1CCN(c2ncc3ccsc3n2)C1. The van der Waals surface area contributed by atoms with Gasteiger partial charge >= 0.3 is 0 Å². The second kappa shape index (κ2) is 4.58. The lowest BCUT2D eigenvalue weighted by Crippen LogP contribution is -2.22. The van der Waals surface area contributed by atoms with E-state index in [2.05, 4.69) is 14.9 Å². The van der Waals surface area contributed by atoms with E-state index in [-0.39, 0.29) is 6.61 Å². The van der Waals surface area contributed by atoms with E-state index < -0.39 is 0 Å². The van der Waals surface area contributed by atoms with Gasteiger partial charge in [-0.2, -0.15) is 0 Å². The van der Waals surface area contributed by atoms with Crippen molar-refractivity contribution in [3.8, 4) is 0 Å². The quantitative estimate of drug-likeness (QED) is 0.902. The first-order chi connectivity index (χ1) is 8.36. The predicted molar refractivity (Wildman–Crippen MR) is 69.4 cm³/mol. The molecule has 0 saturated carbocycles. The van der Waals surface area contributed by atoms with Crippen LogP contribution in [-0.4, -0.2) is 34.8 Å². The Morgan fingerprint density at radius 2 is 2.47 bits per heavy atom. The summed E-state index contributed by atoms with van der Waals surface area (Å²) in [5.74, 6) is 1.42. The largest absolute Gasteiger partial charge is 0.396 e. The van der Waals surface area contributed by atoms with Crippen molar-refractivity contribution in [2.75, 3.05) is 24.6 Å². The molecule has 3 rings (SSSR count). The molecule has 0 amide bonds. The molecule has 2 aromatic rings. The Balaban J connectivity index is 1.80. The third-order valence-corrected chi connectivity index (χ3v) is 4.12. The van der Waals surface area contributed by atoms with Crippen LogP contribution in [0.4, 0.5) is 5.95 Å². The van der Waals surface area contributed by atoms with Crippen molar-refractivity contribution < 1.29 is 5.11 Å². The second-order valence-corrected chi connectivity index (χ2v) is 5.36. The molecule has 1 atom stereocenters. The summed E-state index contributed by atoms with van der Waals surface area (Å²) in [5, 5.41) is 12.1. The van der Waals surface area contributed by atoms with Crippen LogP contribution in [0, 0.1) is 5.92 Å².